The third-order valence-electron chi connectivity index (χ3n) is 2.02. The minimum absolute atomic E-state index is 0.710. The van der Waals surface area contributed by atoms with E-state index in [4.69, 9.17) is 0 Å². The van der Waals surface area contributed by atoms with E-state index in [-0.39, 0.29) is 0 Å². The van der Waals surface area contributed by atoms with Gasteiger partial charge in [0.05, 0.1) is 0 Å². The molecule has 2 heteroatoms. The Balaban J connectivity index is 2.35. The summed E-state index contributed by atoms with van der Waals surface area (Å²) in [6.45, 7) is 6.43. The first-order chi connectivity index (χ1) is 7.20. The van der Waals surface area contributed by atoms with E-state index < -0.39 is 0 Å². The van der Waals surface area contributed by atoms with Crippen molar-refractivity contribution in [2.45, 2.75) is 13.8 Å². The van der Waals surface area contributed by atoms with E-state index >= 15 is 0 Å². The average Bonchev–Trinajstić information content (AvgIpc) is 2.20. The first-order valence-electron chi connectivity index (χ1n) is 5.32. The van der Waals surface area contributed by atoms with E-state index in [1.54, 1.807) is 0 Å². The van der Waals surface area contributed by atoms with Gasteiger partial charge < -0.3 is 5.32 Å². The Morgan fingerprint density at radius 3 is 2.73 bits per heavy atom. The van der Waals surface area contributed by atoms with Gasteiger partial charge in [0.15, 0.2) is 0 Å². The van der Waals surface area contributed by atoms with Gasteiger partial charge in [-0.05, 0) is 24.1 Å². The molecule has 1 N–H and O–H groups in total. The van der Waals surface area contributed by atoms with Crippen molar-refractivity contribution in [1.29, 1.82) is 0 Å². The Labute approximate surface area is 101 Å². The van der Waals surface area contributed by atoms with Crippen LogP contribution in [0.1, 0.15) is 19.4 Å². The Hall–Kier alpha value is -0.600. The molecule has 15 heavy (non-hydrogen) atoms. The summed E-state index contributed by atoms with van der Waals surface area (Å²) < 4.78 is 1.14. The van der Waals surface area contributed by atoms with Crippen molar-refractivity contribution in [2.24, 2.45) is 5.92 Å². The quantitative estimate of drug-likeness (QED) is 0.803. The van der Waals surface area contributed by atoms with E-state index in [0.717, 1.165) is 17.6 Å². The molecule has 1 aromatic rings. The molecule has 1 rings (SSSR count). The minimum atomic E-state index is 0.710. The van der Waals surface area contributed by atoms with Crippen LogP contribution >= 0.6 is 15.9 Å². The Kier molecular flexibility index (Phi) is 5.66. The molecular formula is C13H18BrN. The third kappa shape index (κ3) is 5.14. The summed E-state index contributed by atoms with van der Waals surface area (Å²) in [6.07, 6.45) is 4.29. The fourth-order valence-electron chi connectivity index (χ4n) is 1.25. The molecule has 0 spiro atoms. The molecule has 0 bridgehead atoms. The highest BCUT2D eigenvalue weighted by molar-refractivity contribution is 9.10. The molecule has 1 nitrogen and oxygen atoms in total. The predicted octanol–water partition coefficient (Wildman–Crippen LogP) is 3.71. The molecule has 0 saturated heterocycles. The van der Waals surface area contributed by atoms with Crippen molar-refractivity contribution in [2.75, 3.05) is 13.1 Å². The predicted molar refractivity (Wildman–Crippen MR) is 70.9 cm³/mol. The fraction of sp³-hybridized carbons (Fsp3) is 0.385. The number of rotatable bonds is 5. The standard InChI is InChI=1S/C13H18BrN/c1-11(2)10-15-9-5-7-12-6-3-4-8-13(12)14/h3-8,11,15H,9-10H2,1-2H3. The number of hydrogen-bond donors (Lipinski definition) is 1. The molecule has 0 aliphatic heterocycles. The lowest BCUT2D eigenvalue weighted by Gasteiger charge is -2.03. The van der Waals surface area contributed by atoms with Gasteiger partial charge >= 0.3 is 0 Å². The van der Waals surface area contributed by atoms with Crippen LogP contribution in [0, 0.1) is 5.92 Å². The van der Waals surface area contributed by atoms with E-state index in [1.807, 2.05) is 12.1 Å². The van der Waals surface area contributed by atoms with Gasteiger partial charge in [0.25, 0.3) is 0 Å². The SMILES string of the molecule is CC(C)CNCC=Cc1ccccc1Br. The van der Waals surface area contributed by atoms with Gasteiger partial charge in [0.1, 0.15) is 0 Å². The maximum atomic E-state index is 3.52. The zero-order chi connectivity index (χ0) is 11.1. The molecule has 0 amide bonds. The summed E-state index contributed by atoms with van der Waals surface area (Å²) in [6, 6.07) is 8.23. The fourth-order valence-corrected chi connectivity index (χ4v) is 1.67. The van der Waals surface area contributed by atoms with Crippen molar-refractivity contribution in [3.05, 3.63) is 40.4 Å². The van der Waals surface area contributed by atoms with Crippen LogP contribution in [-0.4, -0.2) is 13.1 Å². The van der Waals surface area contributed by atoms with Gasteiger partial charge in [-0.3, -0.25) is 0 Å². The van der Waals surface area contributed by atoms with Crippen LogP contribution in [0.15, 0.2) is 34.8 Å². The zero-order valence-electron chi connectivity index (χ0n) is 9.33. The Morgan fingerprint density at radius 2 is 2.07 bits per heavy atom. The second-order valence-corrected chi connectivity index (χ2v) is 4.83. The van der Waals surface area contributed by atoms with Crippen LogP contribution < -0.4 is 5.32 Å². The summed E-state index contributed by atoms with van der Waals surface area (Å²) in [4.78, 5) is 0. The number of nitrogens with one attached hydrogen (secondary N) is 1. The Morgan fingerprint density at radius 1 is 1.33 bits per heavy atom. The van der Waals surface area contributed by atoms with Crippen LogP contribution in [-0.2, 0) is 0 Å². The molecule has 0 aliphatic carbocycles. The first-order valence-corrected chi connectivity index (χ1v) is 6.11. The normalized spacial score (nSPS) is 11.5. The van der Waals surface area contributed by atoms with E-state index in [9.17, 15) is 0 Å². The minimum Gasteiger partial charge on any atom is -0.313 e. The average molecular weight is 268 g/mol. The lowest BCUT2D eigenvalue weighted by Crippen LogP contribution is -2.19. The molecule has 0 saturated carbocycles. The largest absolute Gasteiger partial charge is 0.313 e. The molecule has 0 unspecified atom stereocenters. The van der Waals surface area contributed by atoms with Gasteiger partial charge in [-0.15, -0.1) is 0 Å². The van der Waals surface area contributed by atoms with Crippen LogP contribution in [0.5, 0.6) is 0 Å². The molecule has 0 atom stereocenters. The van der Waals surface area contributed by atoms with Crippen LogP contribution in [0.4, 0.5) is 0 Å². The van der Waals surface area contributed by atoms with Crippen molar-refractivity contribution in [1.82, 2.24) is 5.32 Å². The molecular weight excluding hydrogens is 250 g/mol. The van der Waals surface area contributed by atoms with E-state index in [0.29, 0.717) is 5.92 Å². The van der Waals surface area contributed by atoms with Crippen molar-refractivity contribution >= 4 is 22.0 Å². The van der Waals surface area contributed by atoms with Crippen molar-refractivity contribution in [3.63, 3.8) is 0 Å². The summed E-state index contributed by atoms with van der Waals surface area (Å²) >= 11 is 3.52. The summed E-state index contributed by atoms with van der Waals surface area (Å²) in [5, 5.41) is 3.37. The smallest absolute Gasteiger partial charge is 0.0247 e. The molecule has 0 fully saturated rings. The van der Waals surface area contributed by atoms with Crippen molar-refractivity contribution in [3.8, 4) is 0 Å². The molecule has 0 aliphatic rings. The lowest BCUT2D eigenvalue weighted by atomic mass is 10.2. The topological polar surface area (TPSA) is 12.0 Å². The zero-order valence-corrected chi connectivity index (χ0v) is 10.9. The highest BCUT2D eigenvalue weighted by Gasteiger charge is 1.92. The van der Waals surface area contributed by atoms with Crippen LogP contribution in [0.3, 0.4) is 0 Å². The van der Waals surface area contributed by atoms with Crippen molar-refractivity contribution < 1.29 is 0 Å². The highest BCUT2D eigenvalue weighted by Crippen LogP contribution is 2.16. The van der Waals surface area contributed by atoms with Gasteiger partial charge in [-0.25, -0.2) is 0 Å². The monoisotopic (exact) mass is 267 g/mol. The summed E-state index contributed by atoms with van der Waals surface area (Å²) in [7, 11) is 0. The third-order valence-corrected chi connectivity index (χ3v) is 2.74. The van der Waals surface area contributed by atoms with Gasteiger partial charge in [-0.1, -0.05) is 60.1 Å². The first kappa shape index (κ1) is 12.5. The molecule has 0 aromatic heterocycles. The van der Waals surface area contributed by atoms with Gasteiger partial charge in [-0.2, -0.15) is 0 Å². The molecule has 1 aromatic carbocycles. The van der Waals surface area contributed by atoms with Gasteiger partial charge in [0.2, 0.25) is 0 Å². The molecule has 0 heterocycles. The van der Waals surface area contributed by atoms with E-state index in [1.165, 1.54) is 5.56 Å². The number of halogens is 1. The Bertz CT molecular complexity index is 318. The van der Waals surface area contributed by atoms with E-state index in [2.05, 4.69) is 59.4 Å². The number of benzene rings is 1. The van der Waals surface area contributed by atoms with Gasteiger partial charge in [0, 0.05) is 11.0 Å². The highest BCUT2D eigenvalue weighted by atomic mass is 79.9. The summed E-state index contributed by atoms with van der Waals surface area (Å²) in [5.74, 6) is 0.710. The maximum absolute atomic E-state index is 3.52. The number of hydrogen-bond acceptors (Lipinski definition) is 1. The van der Waals surface area contributed by atoms with Crippen LogP contribution in [0.2, 0.25) is 0 Å². The summed E-state index contributed by atoms with van der Waals surface area (Å²) in [5.41, 5.74) is 1.23. The second-order valence-electron chi connectivity index (χ2n) is 3.98. The maximum Gasteiger partial charge on any atom is 0.0247 e. The molecule has 82 valence electrons. The lowest BCUT2D eigenvalue weighted by molar-refractivity contribution is 0.577. The molecule has 0 radical (unpaired) electrons. The van der Waals surface area contributed by atoms with Crippen LogP contribution in [0.25, 0.3) is 6.08 Å². The second kappa shape index (κ2) is 6.81.